The molecule has 0 radical (unpaired) electrons. The molecule has 9 heteroatoms. The maximum atomic E-state index is 12.8. The molecule has 0 saturated heterocycles. The van der Waals surface area contributed by atoms with Crippen LogP contribution in [-0.4, -0.2) is 35.9 Å². The van der Waals surface area contributed by atoms with Gasteiger partial charge in [-0.25, -0.2) is 0 Å². The third kappa shape index (κ3) is 3.72. The first-order valence-corrected chi connectivity index (χ1v) is 9.45. The fraction of sp³-hybridized carbons (Fsp3) is 0.450. The number of esters is 2. The predicted molar refractivity (Wildman–Crippen MR) is 99.1 cm³/mol. The number of fused-ring (bicyclic) bond motifs is 1. The summed E-state index contributed by atoms with van der Waals surface area (Å²) < 4.78 is 15.9. The molecule has 1 heterocycles. The second-order valence-electron chi connectivity index (χ2n) is 6.63. The summed E-state index contributed by atoms with van der Waals surface area (Å²) in [6.07, 6.45) is 1.13. The van der Waals surface area contributed by atoms with Crippen LogP contribution in [0.5, 0.6) is 5.75 Å². The van der Waals surface area contributed by atoms with Gasteiger partial charge in [0.25, 0.3) is 0 Å². The summed E-state index contributed by atoms with van der Waals surface area (Å²) in [5.74, 6) is -4.29. The fourth-order valence-electron chi connectivity index (χ4n) is 3.79. The van der Waals surface area contributed by atoms with Crippen LogP contribution in [0, 0.1) is 16.0 Å². The van der Waals surface area contributed by atoms with E-state index in [2.05, 4.69) is 0 Å². The average Bonchev–Trinajstić information content (AvgIpc) is 2.67. The van der Waals surface area contributed by atoms with Gasteiger partial charge in [-0.2, -0.15) is 0 Å². The minimum atomic E-state index is -1.47. The molecular formula is C20H21NO8. The Kier molecular flexibility index (Phi) is 5.95. The van der Waals surface area contributed by atoms with Crippen LogP contribution in [0.4, 0.5) is 5.69 Å². The van der Waals surface area contributed by atoms with Crippen LogP contribution in [0.25, 0.3) is 0 Å². The largest absolute Gasteiger partial charge is 0.465 e. The van der Waals surface area contributed by atoms with Crippen molar-refractivity contribution < 1.29 is 33.5 Å². The Balaban J connectivity index is 2.24. The van der Waals surface area contributed by atoms with E-state index >= 15 is 0 Å². The van der Waals surface area contributed by atoms with Crippen LogP contribution in [0.2, 0.25) is 0 Å². The van der Waals surface area contributed by atoms with Gasteiger partial charge in [0.2, 0.25) is 5.75 Å². The zero-order valence-corrected chi connectivity index (χ0v) is 16.1. The molecule has 9 nitrogen and oxygen atoms in total. The fourth-order valence-corrected chi connectivity index (χ4v) is 3.79. The summed E-state index contributed by atoms with van der Waals surface area (Å²) in [5, 5.41) is 11.5. The van der Waals surface area contributed by atoms with E-state index in [1.54, 1.807) is 13.8 Å². The monoisotopic (exact) mass is 403 g/mol. The molecule has 1 aromatic rings. The van der Waals surface area contributed by atoms with Gasteiger partial charge < -0.3 is 14.2 Å². The predicted octanol–water partition coefficient (Wildman–Crippen LogP) is 2.82. The van der Waals surface area contributed by atoms with Gasteiger partial charge in [-0.15, -0.1) is 0 Å². The number of para-hydroxylation sites is 1. The quantitative estimate of drug-likeness (QED) is 0.308. The molecule has 0 bridgehead atoms. The lowest BCUT2D eigenvalue weighted by Crippen LogP contribution is -2.38. The van der Waals surface area contributed by atoms with Crippen molar-refractivity contribution in [2.75, 3.05) is 13.2 Å². The average molecular weight is 403 g/mol. The SMILES string of the molecule is CCOC(=O)C(C(=O)OCC)C1C2=C(CCCC2=O)Oc2c1cccc2[N+](=O)[O-]. The second-order valence-corrected chi connectivity index (χ2v) is 6.63. The number of carbonyl (C=O) groups is 3. The highest BCUT2D eigenvalue weighted by Gasteiger charge is 2.48. The van der Waals surface area contributed by atoms with Crippen LogP contribution in [0.1, 0.15) is 44.6 Å². The second kappa shape index (κ2) is 8.42. The lowest BCUT2D eigenvalue weighted by atomic mass is 9.73. The van der Waals surface area contributed by atoms with Gasteiger partial charge in [0, 0.05) is 36.0 Å². The number of rotatable bonds is 6. The molecule has 154 valence electrons. The molecule has 1 aliphatic heterocycles. The summed E-state index contributed by atoms with van der Waals surface area (Å²) in [6.45, 7) is 3.25. The van der Waals surface area contributed by atoms with E-state index < -0.39 is 28.7 Å². The smallest absolute Gasteiger partial charge is 0.321 e. The first kappa shape index (κ1) is 20.5. The molecule has 0 fully saturated rings. The van der Waals surface area contributed by atoms with Crippen molar-refractivity contribution in [3.63, 3.8) is 0 Å². The van der Waals surface area contributed by atoms with E-state index in [0.717, 1.165) is 0 Å². The number of allylic oxidation sites excluding steroid dienone is 2. The molecule has 0 spiro atoms. The highest BCUT2D eigenvalue weighted by Crippen LogP contribution is 2.50. The van der Waals surface area contributed by atoms with Crippen molar-refractivity contribution in [1.29, 1.82) is 0 Å². The number of ketones is 1. The molecule has 1 unspecified atom stereocenters. The number of Topliss-reactive ketones (excluding diaryl/α,β-unsaturated/α-hetero) is 1. The molecule has 0 saturated carbocycles. The van der Waals surface area contributed by atoms with E-state index in [-0.39, 0.29) is 53.8 Å². The maximum Gasteiger partial charge on any atom is 0.321 e. The zero-order valence-electron chi connectivity index (χ0n) is 16.1. The Labute approximate surface area is 166 Å². The Morgan fingerprint density at radius 1 is 1.21 bits per heavy atom. The first-order chi connectivity index (χ1) is 13.9. The van der Waals surface area contributed by atoms with Crippen molar-refractivity contribution in [2.45, 2.75) is 39.0 Å². The van der Waals surface area contributed by atoms with Crippen molar-refractivity contribution in [3.05, 3.63) is 45.2 Å². The molecule has 1 atom stereocenters. The molecule has 0 aromatic heterocycles. The lowest BCUT2D eigenvalue weighted by molar-refractivity contribution is -0.385. The first-order valence-electron chi connectivity index (χ1n) is 9.45. The van der Waals surface area contributed by atoms with Gasteiger partial charge in [-0.3, -0.25) is 24.5 Å². The van der Waals surface area contributed by atoms with Crippen LogP contribution >= 0.6 is 0 Å². The van der Waals surface area contributed by atoms with E-state index in [9.17, 15) is 24.5 Å². The van der Waals surface area contributed by atoms with Gasteiger partial charge in [-0.05, 0) is 20.3 Å². The number of nitro groups is 1. The summed E-state index contributed by atoms with van der Waals surface area (Å²) >= 11 is 0. The number of nitrogens with zero attached hydrogens (tertiary/aromatic N) is 1. The van der Waals surface area contributed by atoms with Crippen LogP contribution in [-0.2, 0) is 23.9 Å². The number of benzene rings is 1. The highest BCUT2D eigenvalue weighted by molar-refractivity contribution is 6.04. The minimum Gasteiger partial charge on any atom is -0.465 e. The molecule has 29 heavy (non-hydrogen) atoms. The van der Waals surface area contributed by atoms with Crippen molar-refractivity contribution in [1.82, 2.24) is 0 Å². The molecule has 3 rings (SSSR count). The van der Waals surface area contributed by atoms with Crippen LogP contribution < -0.4 is 4.74 Å². The maximum absolute atomic E-state index is 12.8. The Hall–Kier alpha value is -3.23. The van der Waals surface area contributed by atoms with Gasteiger partial charge in [-0.1, -0.05) is 12.1 Å². The summed E-state index contributed by atoms with van der Waals surface area (Å²) in [6, 6.07) is 4.22. The Morgan fingerprint density at radius 3 is 2.45 bits per heavy atom. The molecule has 0 N–H and O–H groups in total. The van der Waals surface area contributed by atoms with Crippen LogP contribution in [0.3, 0.4) is 0 Å². The van der Waals surface area contributed by atoms with Gasteiger partial charge in [0.15, 0.2) is 11.7 Å². The van der Waals surface area contributed by atoms with E-state index in [1.165, 1.54) is 18.2 Å². The number of ether oxygens (including phenoxy) is 3. The van der Waals surface area contributed by atoms with E-state index in [1.807, 2.05) is 0 Å². The number of hydrogen-bond donors (Lipinski definition) is 0. The molecule has 2 aliphatic rings. The third-order valence-corrected chi connectivity index (χ3v) is 4.92. The molecule has 1 aromatic carbocycles. The van der Waals surface area contributed by atoms with Gasteiger partial charge >= 0.3 is 17.6 Å². The topological polar surface area (TPSA) is 122 Å². The van der Waals surface area contributed by atoms with E-state index in [0.29, 0.717) is 12.8 Å². The summed E-state index contributed by atoms with van der Waals surface area (Å²) in [7, 11) is 0. The minimum absolute atomic E-state index is 0.0274. The van der Waals surface area contributed by atoms with E-state index in [4.69, 9.17) is 14.2 Å². The highest BCUT2D eigenvalue weighted by atomic mass is 16.6. The third-order valence-electron chi connectivity index (χ3n) is 4.92. The van der Waals surface area contributed by atoms with Crippen molar-refractivity contribution >= 4 is 23.4 Å². The van der Waals surface area contributed by atoms with Gasteiger partial charge in [0.1, 0.15) is 5.76 Å². The Bertz CT molecular complexity index is 886. The summed E-state index contributed by atoms with van der Waals surface area (Å²) in [4.78, 5) is 49.1. The van der Waals surface area contributed by atoms with Crippen molar-refractivity contribution in [2.24, 2.45) is 5.92 Å². The standard InChI is InChI=1S/C20H21NO8/c1-3-27-19(23)17(20(24)28-4-2)15-11-7-5-8-12(21(25)26)18(11)29-14-10-6-9-13(22)16(14)15/h5,7-8,15,17H,3-4,6,9-10H2,1-2H3. The molecule has 0 amide bonds. The van der Waals surface area contributed by atoms with Crippen LogP contribution in [0.15, 0.2) is 29.5 Å². The number of carbonyl (C=O) groups excluding carboxylic acids is 3. The molecule has 1 aliphatic carbocycles. The zero-order chi connectivity index (χ0) is 21.1. The normalized spacial score (nSPS) is 17.9. The number of nitro benzene ring substituents is 1. The summed E-state index contributed by atoms with van der Waals surface area (Å²) in [5.41, 5.74) is 0.109. The lowest BCUT2D eigenvalue weighted by Gasteiger charge is -2.34. The van der Waals surface area contributed by atoms with Crippen molar-refractivity contribution in [3.8, 4) is 5.75 Å². The Morgan fingerprint density at radius 2 is 1.86 bits per heavy atom. The number of hydrogen-bond acceptors (Lipinski definition) is 8. The molecular weight excluding hydrogens is 382 g/mol. The van der Waals surface area contributed by atoms with Gasteiger partial charge in [0.05, 0.1) is 18.1 Å².